The van der Waals surface area contributed by atoms with E-state index >= 15 is 0 Å². The standard InChI is InChI=1S/C22H30N2O.ClH/c1-3-4-8-18-16-24(14-13-21(18)23)19-11-12-22(25-2)20(15-19)17-9-6-5-7-10-17;/h5-7,9-12,15,18,21H,3-4,8,13-14,16,23H2,1-2H3;1H/t18-,21-;/m0./s1. The molecule has 1 aliphatic rings. The van der Waals surface area contributed by atoms with Crippen molar-refractivity contribution in [3.63, 3.8) is 0 Å². The number of ether oxygens (including phenoxy) is 1. The van der Waals surface area contributed by atoms with Crippen molar-refractivity contribution in [1.82, 2.24) is 0 Å². The quantitative estimate of drug-likeness (QED) is 0.761. The topological polar surface area (TPSA) is 38.5 Å². The zero-order valence-corrected chi connectivity index (χ0v) is 16.7. The number of nitrogens with two attached hydrogens (primary N) is 1. The summed E-state index contributed by atoms with van der Waals surface area (Å²) in [5, 5.41) is 0. The minimum absolute atomic E-state index is 0. The summed E-state index contributed by atoms with van der Waals surface area (Å²) in [7, 11) is 1.74. The van der Waals surface area contributed by atoms with E-state index in [9.17, 15) is 0 Å². The second-order valence-electron chi connectivity index (χ2n) is 7.05. The largest absolute Gasteiger partial charge is 0.496 e. The third kappa shape index (κ3) is 4.72. The molecule has 2 N–H and O–H groups in total. The van der Waals surface area contributed by atoms with Crippen LogP contribution in [0, 0.1) is 5.92 Å². The molecule has 0 bridgehead atoms. The number of piperidine rings is 1. The van der Waals surface area contributed by atoms with Gasteiger partial charge >= 0.3 is 0 Å². The molecule has 1 aliphatic heterocycles. The second-order valence-corrected chi connectivity index (χ2v) is 7.05. The van der Waals surface area contributed by atoms with Crippen molar-refractivity contribution >= 4 is 18.1 Å². The number of hydrogen-bond acceptors (Lipinski definition) is 3. The van der Waals surface area contributed by atoms with Crippen molar-refractivity contribution in [3.8, 4) is 16.9 Å². The summed E-state index contributed by atoms with van der Waals surface area (Å²) in [5.74, 6) is 1.52. The van der Waals surface area contributed by atoms with E-state index in [1.165, 1.54) is 30.5 Å². The summed E-state index contributed by atoms with van der Waals surface area (Å²) in [6.45, 7) is 4.34. The highest BCUT2D eigenvalue weighted by molar-refractivity contribution is 5.85. The normalized spacial score (nSPS) is 19.7. The van der Waals surface area contributed by atoms with Crippen molar-refractivity contribution in [3.05, 3.63) is 48.5 Å². The highest BCUT2D eigenvalue weighted by Crippen LogP contribution is 2.35. The summed E-state index contributed by atoms with van der Waals surface area (Å²) >= 11 is 0. The van der Waals surface area contributed by atoms with E-state index in [0.29, 0.717) is 12.0 Å². The molecule has 26 heavy (non-hydrogen) atoms. The maximum Gasteiger partial charge on any atom is 0.126 e. The Hall–Kier alpha value is -1.71. The van der Waals surface area contributed by atoms with E-state index in [-0.39, 0.29) is 12.4 Å². The Bertz CT molecular complexity index is 677. The molecule has 0 unspecified atom stereocenters. The number of hydrogen-bond donors (Lipinski definition) is 1. The molecule has 3 nitrogen and oxygen atoms in total. The van der Waals surface area contributed by atoms with Gasteiger partial charge in [0.1, 0.15) is 5.75 Å². The molecule has 0 aromatic heterocycles. The van der Waals surface area contributed by atoms with E-state index in [1.807, 2.05) is 6.07 Å². The predicted octanol–water partition coefficient (Wildman–Crippen LogP) is 5.13. The van der Waals surface area contributed by atoms with Crippen LogP contribution in [0.4, 0.5) is 5.69 Å². The highest BCUT2D eigenvalue weighted by Gasteiger charge is 2.26. The predicted molar refractivity (Wildman–Crippen MR) is 113 cm³/mol. The maximum atomic E-state index is 6.38. The third-order valence-electron chi connectivity index (χ3n) is 5.35. The summed E-state index contributed by atoms with van der Waals surface area (Å²) in [6, 6.07) is 17.3. The number of benzene rings is 2. The van der Waals surface area contributed by atoms with Crippen LogP contribution in [0.5, 0.6) is 5.75 Å². The molecule has 2 aromatic rings. The maximum absolute atomic E-state index is 6.38. The van der Waals surface area contributed by atoms with Gasteiger partial charge in [0.05, 0.1) is 7.11 Å². The fourth-order valence-electron chi connectivity index (χ4n) is 3.79. The van der Waals surface area contributed by atoms with Crippen LogP contribution in [0.2, 0.25) is 0 Å². The first kappa shape index (κ1) is 20.6. The average molecular weight is 375 g/mol. The highest BCUT2D eigenvalue weighted by atomic mass is 35.5. The second kappa shape index (κ2) is 9.84. The van der Waals surface area contributed by atoms with E-state index in [1.54, 1.807) is 7.11 Å². The number of methoxy groups -OCH3 is 1. The van der Waals surface area contributed by atoms with Gasteiger partial charge in [-0.2, -0.15) is 0 Å². The van der Waals surface area contributed by atoms with Gasteiger partial charge in [-0.1, -0.05) is 50.1 Å². The minimum atomic E-state index is 0. The van der Waals surface area contributed by atoms with E-state index in [0.717, 1.165) is 30.8 Å². The Balaban J connectivity index is 0.00000243. The Kier molecular flexibility index (Phi) is 7.80. The third-order valence-corrected chi connectivity index (χ3v) is 5.35. The minimum Gasteiger partial charge on any atom is -0.496 e. The van der Waals surface area contributed by atoms with Crippen molar-refractivity contribution in [1.29, 1.82) is 0 Å². The lowest BCUT2D eigenvalue weighted by Crippen LogP contribution is -2.47. The van der Waals surface area contributed by atoms with Gasteiger partial charge in [-0.15, -0.1) is 12.4 Å². The van der Waals surface area contributed by atoms with Gasteiger partial charge in [0, 0.05) is 30.4 Å². The summed E-state index contributed by atoms with van der Waals surface area (Å²) in [5.41, 5.74) is 10.00. The van der Waals surface area contributed by atoms with Crippen molar-refractivity contribution in [2.75, 3.05) is 25.1 Å². The first-order valence-corrected chi connectivity index (χ1v) is 9.47. The molecule has 3 rings (SSSR count). The first-order valence-electron chi connectivity index (χ1n) is 9.47. The van der Waals surface area contributed by atoms with Gasteiger partial charge in [0.2, 0.25) is 0 Å². The molecule has 2 atom stereocenters. The molecule has 0 radical (unpaired) electrons. The van der Waals surface area contributed by atoms with E-state index in [2.05, 4.69) is 54.3 Å². The Morgan fingerprint density at radius 3 is 2.62 bits per heavy atom. The number of anilines is 1. The van der Waals surface area contributed by atoms with E-state index < -0.39 is 0 Å². The molecular formula is C22H31ClN2O. The molecule has 0 saturated carbocycles. The number of halogens is 1. The van der Waals surface area contributed by atoms with Crippen LogP contribution < -0.4 is 15.4 Å². The van der Waals surface area contributed by atoms with Gasteiger partial charge < -0.3 is 15.4 Å². The lowest BCUT2D eigenvalue weighted by molar-refractivity contribution is 0.330. The van der Waals surface area contributed by atoms with Crippen LogP contribution in [-0.2, 0) is 0 Å². The fourth-order valence-corrected chi connectivity index (χ4v) is 3.79. The summed E-state index contributed by atoms with van der Waals surface area (Å²) in [4.78, 5) is 2.50. The molecule has 142 valence electrons. The molecule has 1 saturated heterocycles. The average Bonchev–Trinajstić information content (AvgIpc) is 2.67. The lowest BCUT2D eigenvalue weighted by Gasteiger charge is -2.38. The molecular weight excluding hydrogens is 344 g/mol. The van der Waals surface area contributed by atoms with Crippen LogP contribution in [0.1, 0.15) is 32.6 Å². The molecule has 2 aromatic carbocycles. The van der Waals surface area contributed by atoms with Crippen molar-refractivity contribution in [2.45, 2.75) is 38.6 Å². The SMILES string of the molecule is CCCC[C@H]1CN(c2ccc(OC)c(-c3ccccc3)c2)CC[C@@H]1N.Cl. The summed E-state index contributed by atoms with van der Waals surface area (Å²) < 4.78 is 5.59. The zero-order valence-electron chi connectivity index (χ0n) is 15.9. The van der Waals surface area contributed by atoms with Gasteiger partial charge in [0.15, 0.2) is 0 Å². The molecule has 4 heteroatoms. The van der Waals surface area contributed by atoms with Gasteiger partial charge in [-0.25, -0.2) is 0 Å². The number of rotatable bonds is 6. The van der Waals surface area contributed by atoms with Crippen LogP contribution in [-0.4, -0.2) is 26.2 Å². The monoisotopic (exact) mass is 374 g/mol. The van der Waals surface area contributed by atoms with Gasteiger partial charge in [-0.05, 0) is 42.5 Å². The Labute approximate surface area is 163 Å². The van der Waals surface area contributed by atoms with Gasteiger partial charge in [0.25, 0.3) is 0 Å². The Morgan fingerprint density at radius 2 is 1.92 bits per heavy atom. The molecule has 0 spiro atoms. The van der Waals surface area contributed by atoms with Crippen LogP contribution in [0.15, 0.2) is 48.5 Å². The first-order chi connectivity index (χ1) is 12.2. The smallest absolute Gasteiger partial charge is 0.126 e. The lowest BCUT2D eigenvalue weighted by atomic mass is 9.88. The fraction of sp³-hybridized carbons (Fsp3) is 0.455. The molecule has 1 fully saturated rings. The molecule has 0 amide bonds. The van der Waals surface area contributed by atoms with E-state index in [4.69, 9.17) is 10.5 Å². The van der Waals surface area contributed by atoms with Crippen LogP contribution in [0.25, 0.3) is 11.1 Å². The number of nitrogens with zero attached hydrogens (tertiary/aromatic N) is 1. The van der Waals surface area contributed by atoms with Crippen LogP contribution in [0.3, 0.4) is 0 Å². The van der Waals surface area contributed by atoms with Crippen molar-refractivity contribution < 1.29 is 4.74 Å². The summed E-state index contributed by atoms with van der Waals surface area (Å²) in [6.07, 6.45) is 4.81. The van der Waals surface area contributed by atoms with Gasteiger partial charge in [-0.3, -0.25) is 0 Å². The van der Waals surface area contributed by atoms with Crippen LogP contribution >= 0.6 is 12.4 Å². The molecule has 1 heterocycles. The molecule has 0 aliphatic carbocycles. The number of unbranched alkanes of at least 4 members (excludes halogenated alkanes) is 1. The van der Waals surface area contributed by atoms with Crippen molar-refractivity contribution in [2.24, 2.45) is 11.7 Å². The zero-order chi connectivity index (χ0) is 17.6. The Morgan fingerprint density at radius 1 is 1.15 bits per heavy atom.